The topological polar surface area (TPSA) is 12.0 Å². The van der Waals surface area contributed by atoms with Crippen LogP contribution in [0, 0.1) is 18.6 Å². The predicted molar refractivity (Wildman–Crippen MR) is 72.9 cm³/mol. The Hall–Kier alpha value is -1.12. The number of anilines is 1. The van der Waals surface area contributed by atoms with Gasteiger partial charge in [0.1, 0.15) is 11.6 Å². The van der Waals surface area contributed by atoms with Gasteiger partial charge < -0.3 is 5.32 Å². The molecule has 0 aliphatic heterocycles. The van der Waals surface area contributed by atoms with E-state index in [0.717, 1.165) is 12.8 Å². The van der Waals surface area contributed by atoms with Gasteiger partial charge in [-0.25, -0.2) is 8.78 Å². The third kappa shape index (κ3) is 4.63. The molecular weight excluding hydrogens is 232 g/mol. The summed E-state index contributed by atoms with van der Waals surface area (Å²) in [6, 6.07) is 2.65. The molecule has 0 saturated carbocycles. The fraction of sp³-hybridized carbons (Fsp3) is 0.600. The molecule has 3 heteroatoms. The van der Waals surface area contributed by atoms with Crippen LogP contribution in [0.15, 0.2) is 12.1 Å². The zero-order valence-corrected chi connectivity index (χ0v) is 11.5. The van der Waals surface area contributed by atoms with E-state index in [0.29, 0.717) is 5.56 Å². The molecule has 1 N–H and O–H groups in total. The molecule has 0 spiro atoms. The van der Waals surface area contributed by atoms with Crippen molar-refractivity contribution >= 4 is 5.69 Å². The summed E-state index contributed by atoms with van der Waals surface area (Å²) < 4.78 is 27.0. The molecule has 0 aliphatic carbocycles. The van der Waals surface area contributed by atoms with Crippen LogP contribution in [0.3, 0.4) is 0 Å². The summed E-state index contributed by atoms with van der Waals surface area (Å²) in [5.41, 5.74) is 0.606. The van der Waals surface area contributed by atoms with Crippen molar-refractivity contribution in [1.29, 1.82) is 0 Å². The number of aryl methyl sites for hydroxylation is 1. The zero-order chi connectivity index (χ0) is 13.5. The monoisotopic (exact) mass is 255 g/mol. The Balaban J connectivity index is 2.48. The summed E-state index contributed by atoms with van der Waals surface area (Å²) in [5.74, 6) is -0.744. The van der Waals surface area contributed by atoms with Crippen LogP contribution < -0.4 is 5.32 Å². The van der Waals surface area contributed by atoms with Crippen molar-refractivity contribution < 1.29 is 8.78 Å². The van der Waals surface area contributed by atoms with Gasteiger partial charge in [-0.2, -0.15) is 0 Å². The Bertz CT molecular complexity index is 377. The first kappa shape index (κ1) is 14.9. The molecule has 1 atom stereocenters. The van der Waals surface area contributed by atoms with Gasteiger partial charge in [-0.1, -0.05) is 32.6 Å². The number of unbranched alkanes of at least 4 members (excludes halogenated alkanes) is 3. The lowest BCUT2D eigenvalue weighted by molar-refractivity contribution is 0.576. The highest BCUT2D eigenvalue weighted by Crippen LogP contribution is 2.20. The minimum Gasteiger partial charge on any atom is -0.380 e. The van der Waals surface area contributed by atoms with Gasteiger partial charge in [-0.15, -0.1) is 0 Å². The van der Waals surface area contributed by atoms with Crippen LogP contribution in [-0.4, -0.2) is 6.04 Å². The van der Waals surface area contributed by atoms with Crippen LogP contribution in [0.5, 0.6) is 0 Å². The van der Waals surface area contributed by atoms with Crippen molar-refractivity contribution in [3.8, 4) is 0 Å². The Morgan fingerprint density at radius 3 is 2.50 bits per heavy atom. The molecule has 18 heavy (non-hydrogen) atoms. The number of nitrogens with one attached hydrogen (secondary N) is 1. The van der Waals surface area contributed by atoms with Gasteiger partial charge in [0, 0.05) is 12.1 Å². The van der Waals surface area contributed by atoms with E-state index in [4.69, 9.17) is 0 Å². The van der Waals surface area contributed by atoms with E-state index in [-0.39, 0.29) is 23.4 Å². The molecule has 0 aliphatic rings. The average molecular weight is 255 g/mol. The van der Waals surface area contributed by atoms with E-state index in [9.17, 15) is 8.78 Å². The van der Waals surface area contributed by atoms with Gasteiger partial charge in [-0.3, -0.25) is 0 Å². The molecule has 0 aromatic heterocycles. The summed E-state index contributed by atoms with van der Waals surface area (Å²) in [7, 11) is 0. The van der Waals surface area contributed by atoms with Crippen molar-refractivity contribution in [2.45, 2.75) is 58.9 Å². The Labute approximate surface area is 109 Å². The van der Waals surface area contributed by atoms with Gasteiger partial charge >= 0.3 is 0 Å². The predicted octanol–water partition coefficient (Wildman–Crippen LogP) is 5.04. The summed E-state index contributed by atoms with van der Waals surface area (Å²) >= 11 is 0. The average Bonchev–Trinajstić information content (AvgIpc) is 2.32. The Morgan fingerprint density at radius 2 is 1.83 bits per heavy atom. The fourth-order valence-corrected chi connectivity index (χ4v) is 1.97. The van der Waals surface area contributed by atoms with E-state index < -0.39 is 0 Å². The van der Waals surface area contributed by atoms with Crippen LogP contribution in [0.25, 0.3) is 0 Å². The van der Waals surface area contributed by atoms with Crippen LogP contribution in [-0.2, 0) is 0 Å². The van der Waals surface area contributed by atoms with E-state index in [2.05, 4.69) is 12.2 Å². The molecular formula is C15H23F2N. The zero-order valence-electron chi connectivity index (χ0n) is 11.5. The highest BCUT2D eigenvalue weighted by atomic mass is 19.1. The molecule has 0 amide bonds. The summed E-state index contributed by atoms with van der Waals surface area (Å²) in [5, 5.41) is 3.04. The number of hydrogen-bond acceptors (Lipinski definition) is 1. The van der Waals surface area contributed by atoms with Crippen LogP contribution in [0.4, 0.5) is 14.5 Å². The molecule has 0 saturated heterocycles. The molecule has 102 valence electrons. The molecule has 0 heterocycles. The van der Waals surface area contributed by atoms with Gasteiger partial charge in [0.05, 0.1) is 5.69 Å². The lowest BCUT2D eigenvalue weighted by Crippen LogP contribution is -2.16. The van der Waals surface area contributed by atoms with Crippen molar-refractivity contribution in [2.24, 2.45) is 0 Å². The number of hydrogen-bond donors (Lipinski definition) is 1. The maximum absolute atomic E-state index is 13.6. The quantitative estimate of drug-likeness (QED) is 0.673. The normalized spacial score (nSPS) is 12.5. The van der Waals surface area contributed by atoms with Crippen LogP contribution >= 0.6 is 0 Å². The molecule has 1 unspecified atom stereocenters. The second kappa shape index (κ2) is 7.34. The van der Waals surface area contributed by atoms with Crippen LogP contribution in [0.1, 0.15) is 51.5 Å². The second-order valence-corrected chi connectivity index (χ2v) is 4.98. The van der Waals surface area contributed by atoms with Gasteiger partial charge in [0.2, 0.25) is 0 Å². The van der Waals surface area contributed by atoms with Gasteiger partial charge in [0.15, 0.2) is 0 Å². The second-order valence-electron chi connectivity index (χ2n) is 4.98. The van der Waals surface area contributed by atoms with Gasteiger partial charge in [0.25, 0.3) is 0 Å². The Kier molecular flexibility index (Phi) is 6.10. The molecule has 1 nitrogen and oxygen atoms in total. The lowest BCUT2D eigenvalue weighted by atomic mass is 10.1. The summed E-state index contributed by atoms with van der Waals surface area (Å²) in [6.45, 7) is 5.74. The maximum Gasteiger partial charge on any atom is 0.146 e. The number of rotatable bonds is 7. The fourth-order valence-electron chi connectivity index (χ4n) is 1.97. The maximum atomic E-state index is 13.6. The minimum atomic E-state index is -0.380. The lowest BCUT2D eigenvalue weighted by Gasteiger charge is -2.16. The molecule has 1 aromatic carbocycles. The van der Waals surface area contributed by atoms with E-state index >= 15 is 0 Å². The third-order valence-corrected chi connectivity index (χ3v) is 3.14. The van der Waals surface area contributed by atoms with E-state index in [1.54, 1.807) is 6.92 Å². The SMILES string of the molecule is CCCCCCC(C)Nc1cc(F)c(C)cc1F. The van der Waals surface area contributed by atoms with Gasteiger partial charge in [-0.05, 0) is 31.9 Å². The largest absolute Gasteiger partial charge is 0.380 e. The smallest absolute Gasteiger partial charge is 0.146 e. The first-order valence-electron chi connectivity index (χ1n) is 6.76. The highest BCUT2D eigenvalue weighted by Gasteiger charge is 2.09. The van der Waals surface area contributed by atoms with Crippen LogP contribution in [0.2, 0.25) is 0 Å². The summed E-state index contributed by atoms with van der Waals surface area (Å²) in [4.78, 5) is 0. The first-order valence-corrected chi connectivity index (χ1v) is 6.76. The number of halogens is 2. The molecule has 1 aromatic rings. The van der Waals surface area contributed by atoms with Crippen molar-refractivity contribution in [2.75, 3.05) is 5.32 Å². The third-order valence-electron chi connectivity index (χ3n) is 3.14. The van der Waals surface area contributed by atoms with Crippen molar-refractivity contribution in [3.05, 3.63) is 29.3 Å². The summed E-state index contributed by atoms with van der Waals surface area (Å²) in [6.07, 6.45) is 5.75. The standard InChI is InChI=1S/C15H23F2N/c1-4-5-6-7-8-12(3)18-15-10-13(16)11(2)9-14(15)17/h9-10,12,18H,4-8H2,1-3H3. The Morgan fingerprint density at radius 1 is 1.11 bits per heavy atom. The van der Waals surface area contributed by atoms with Crippen molar-refractivity contribution in [3.63, 3.8) is 0 Å². The van der Waals surface area contributed by atoms with Crippen molar-refractivity contribution in [1.82, 2.24) is 0 Å². The minimum absolute atomic E-state index is 0.165. The van der Waals surface area contributed by atoms with E-state index in [1.165, 1.54) is 31.4 Å². The molecule has 0 radical (unpaired) electrons. The molecule has 0 fully saturated rings. The number of benzene rings is 1. The molecule has 1 rings (SSSR count). The molecule has 0 bridgehead atoms. The highest BCUT2D eigenvalue weighted by molar-refractivity contribution is 5.47. The first-order chi connectivity index (χ1) is 8.54. The van der Waals surface area contributed by atoms with E-state index in [1.807, 2.05) is 6.92 Å².